The van der Waals surface area contributed by atoms with Gasteiger partial charge >= 0.3 is 6.03 Å². The molecule has 13 heavy (non-hydrogen) atoms. The van der Waals surface area contributed by atoms with Crippen molar-refractivity contribution in [2.24, 2.45) is 5.73 Å². The van der Waals surface area contributed by atoms with E-state index in [9.17, 15) is 4.79 Å². The van der Waals surface area contributed by atoms with Gasteiger partial charge in [-0.2, -0.15) is 0 Å². The zero-order chi connectivity index (χ0) is 10.0. The highest BCUT2D eigenvalue weighted by molar-refractivity contribution is 5.80. The molecule has 72 valence electrons. The van der Waals surface area contributed by atoms with Crippen LogP contribution in [0.4, 0.5) is 10.7 Å². The lowest BCUT2D eigenvalue weighted by Crippen LogP contribution is -2.30. The molecule has 1 aromatic heterocycles. The van der Waals surface area contributed by atoms with E-state index in [0.29, 0.717) is 5.82 Å². The molecule has 1 heterocycles. The van der Waals surface area contributed by atoms with Crippen molar-refractivity contribution in [1.82, 2.24) is 14.9 Å². The van der Waals surface area contributed by atoms with E-state index in [1.54, 1.807) is 0 Å². The number of hydrogen-bond donors (Lipinski definition) is 3. The third kappa shape index (κ3) is 1.86. The summed E-state index contributed by atoms with van der Waals surface area (Å²) in [6.07, 6.45) is 0. The van der Waals surface area contributed by atoms with Crippen LogP contribution >= 0.6 is 0 Å². The van der Waals surface area contributed by atoms with Crippen LogP contribution in [0.3, 0.4) is 0 Å². The fraction of sp³-hybridized carbons (Fsp3) is 0.500. The van der Waals surface area contributed by atoms with E-state index < -0.39 is 6.03 Å². The molecule has 7 nitrogen and oxygen atoms in total. The number of aromatic nitrogens is 3. The molecular weight excluding hydrogens is 172 g/mol. The number of carbonyl (C=O) groups excluding carboxylic acids is 1. The third-order valence-corrected chi connectivity index (χ3v) is 1.45. The zero-order valence-corrected chi connectivity index (χ0v) is 7.48. The first kappa shape index (κ1) is 9.30. The predicted octanol–water partition coefficient (Wildman–Crippen LogP) is -0.394. The second-order valence-electron chi connectivity index (χ2n) is 2.88. The van der Waals surface area contributed by atoms with Gasteiger partial charge in [-0.3, -0.25) is 0 Å². The quantitative estimate of drug-likeness (QED) is 0.580. The molecule has 0 bridgehead atoms. The molecule has 0 unspecified atom stereocenters. The Hall–Kier alpha value is -1.79. The van der Waals surface area contributed by atoms with E-state index in [0.717, 1.165) is 0 Å². The highest BCUT2D eigenvalue weighted by Crippen LogP contribution is 2.12. The molecule has 7 heteroatoms. The lowest BCUT2D eigenvalue weighted by atomic mass is 10.2. The SMILES string of the molecule is CC(C)c1nnc(N)n1NC(N)=O. The van der Waals surface area contributed by atoms with Crippen molar-refractivity contribution in [3.8, 4) is 0 Å². The maximum absolute atomic E-state index is 10.6. The normalized spacial score (nSPS) is 10.4. The number of hydrogen-bond acceptors (Lipinski definition) is 4. The van der Waals surface area contributed by atoms with Crippen LogP contribution < -0.4 is 16.9 Å². The standard InChI is InChI=1S/C6H12N6O/c1-3(2)4-9-10-5(7)12(4)11-6(8)13/h3H,1-2H3,(H2,7,10)(H3,8,11,13). The summed E-state index contributed by atoms with van der Waals surface area (Å²) in [6, 6.07) is -0.701. The van der Waals surface area contributed by atoms with Crippen LogP contribution in [0.2, 0.25) is 0 Å². The first-order chi connectivity index (χ1) is 6.02. The van der Waals surface area contributed by atoms with Crippen LogP contribution in [0.25, 0.3) is 0 Å². The summed E-state index contributed by atoms with van der Waals surface area (Å²) < 4.78 is 1.27. The van der Waals surface area contributed by atoms with E-state index in [1.807, 2.05) is 13.8 Å². The molecule has 0 radical (unpaired) electrons. The van der Waals surface area contributed by atoms with E-state index in [2.05, 4.69) is 15.6 Å². The van der Waals surface area contributed by atoms with Crippen molar-refractivity contribution in [3.05, 3.63) is 5.82 Å². The lowest BCUT2D eigenvalue weighted by Gasteiger charge is -2.08. The average Bonchev–Trinajstić information content (AvgIpc) is 2.32. The second-order valence-corrected chi connectivity index (χ2v) is 2.88. The van der Waals surface area contributed by atoms with Crippen LogP contribution in [0.15, 0.2) is 0 Å². The maximum Gasteiger partial charge on any atom is 0.331 e. The second kappa shape index (κ2) is 3.30. The average molecular weight is 184 g/mol. The molecule has 0 aliphatic rings. The van der Waals surface area contributed by atoms with Gasteiger partial charge in [-0.1, -0.05) is 13.8 Å². The van der Waals surface area contributed by atoms with Crippen LogP contribution in [0, 0.1) is 0 Å². The fourth-order valence-corrected chi connectivity index (χ4v) is 0.908. The first-order valence-corrected chi connectivity index (χ1v) is 3.79. The molecule has 1 rings (SSSR count). The molecule has 0 saturated carbocycles. The number of anilines is 1. The Morgan fingerprint density at radius 1 is 1.54 bits per heavy atom. The number of urea groups is 1. The minimum Gasteiger partial charge on any atom is -0.366 e. The number of primary amides is 1. The Kier molecular flexibility index (Phi) is 2.36. The summed E-state index contributed by atoms with van der Waals surface area (Å²) in [6.45, 7) is 3.81. The first-order valence-electron chi connectivity index (χ1n) is 3.79. The highest BCUT2D eigenvalue weighted by Gasteiger charge is 2.13. The molecule has 0 atom stereocenters. The van der Waals surface area contributed by atoms with Gasteiger partial charge < -0.3 is 11.5 Å². The van der Waals surface area contributed by atoms with Crippen molar-refractivity contribution in [1.29, 1.82) is 0 Å². The predicted molar refractivity (Wildman–Crippen MR) is 47.5 cm³/mol. The van der Waals surface area contributed by atoms with Crippen molar-refractivity contribution in [2.45, 2.75) is 19.8 Å². The van der Waals surface area contributed by atoms with Crippen LogP contribution in [0.5, 0.6) is 0 Å². The van der Waals surface area contributed by atoms with Gasteiger partial charge in [0.15, 0.2) is 5.82 Å². The van der Waals surface area contributed by atoms with Gasteiger partial charge in [0.1, 0.15) is 0 Å². The van der Waals surface area contributed by atoms with Gasteiger partial charge in [0.05, 0.1) is 0 Å². The number of rotatable bonds is 2. The molecule has 0 aromatic carbocycles. The van der Waals surface area contributed by atoms with Gasteiger partial charge in [0.2, 0.25) is 5.95 Å². The smallest absolute Gasteiger partial charge is 0.331 e. The number of amides is 2. The minimum absolute atomic E-state index is 0.108. The Bertz CT molecular complexity index is 317. The van der Waals surface area contributed by atoms with Crippen molar-refractivity contribution >= 4 is 12.0 Å². The fourth-order valence-electron chi connectivity index (χ4n) is 0.908. The van der Waals surface area contributed by atoms with Crippen LogP contribution in [-0.2, 0) is 0 Å². The largest absolute Gasteiger partial charge is 0.366 e. The van der Waals surface area contributed by atoms with Gasteiger partial charge in [-0.15, -0.1) is 10.2 Å². The van der Waals surface area contributed by atoms with Crippen molar-refractivity contribution in [3.63, 3.8) is 0 Å². The van der Waals surface area contributed by atoms with Crippen LogP contribution in [0.1, 0.15) is 25.6 Å². The topological polar surface area (TPSA) is 112 Å². The summed E-state index contributed by atoms with van der Waals surface area (Å²) in [4.78, 5) is 10.6. The van der Waals surface area contributed by atoms with Gasteiger partial charge in [0, 0.05) is 5.92 Å². The lowest BCUT2D eigenvalue weighted by molar-refractivity contribution is 0.256. The van der Waals surface area contributed by atoms with Crippen LogP contribution in [-0.4, -0.2) is 20.9 Å². The zero-order valence-electron chi connectivity index (χ0n) is 7.48. The number of nitrogen functional groups attached to an aromatic ring is 1. The molecule has 1 aromatic rings. The Labute approximate surface area is 75.1 Å². The van der Waals surface area contributed by atoms with E-state index in [-0.39, 0.29) is 11.9 Å². The van der Waals surface area contributed by atoms with Gasteiger partial charge in [-0.25, -0.2) is 14.9 Å². The van der Waals surface area contributed by atoms with E-state index in [4.69, 9.17) is 11.5 Å². The molecule has 5 N–H and O–H groups in total. The third-order valence-electron chi connectivity index (χ3n) is 1.45. The molecular formula is C6H12N6O. The summed E-state index contributed by atoms with van der Waals surface area (Å²) in [7, 11) is 0. The molecule has 0 aliphatic carbocycles. The van der Waals surface area contributed by atoms with Gasteiger partial charge in [0.25, 0.3) is 0 Å². The summed E-state index contributed by atoms with van der Waals surface area (Å²) in [5, 5.41) is 7.40. The van der Waals surface area contributed by atoms with Gasteiger partial charge in [-0.05, 0) is 0 Å². The summed E-state index contributed by atoms with van der Waals surface area (Å²) in [5.41, 5.74) is 12.7. The highest BCUT2D eigenvalue weighted by atomic mass is 16.2. The van der Waals surface area contributed by atoms with Crippen molar-refractivity contribution in [2.75, 3.05) is 11.2 Å². The number of nitrogens with one attached hydrogen (secondary N) is 1. The monoisotopic (exact) mass is 184 g/mol. The Morgan fingerprint density at radius 3 is 2.62 bits per heavy atom. The number of nitrogens with zero attached hydrogens (tertiary/aromatic N) is 3. The van der Waals surface area contributed by atoms with Crippen molar-refractivity contribution < 1.29 is 4.79 Å². The summed E-state index contributed by atoms with van der Waals surface area (Å²) in [5.74, 6) is 0.787. The van der Waals surface area contributed by atoms with E-state index >= 15 is 0 Å². The summed E-state index contributed by atoms with van der Waals surface area (Å²) >= 11 is 0. The molecule has 0 saturated heterocycles. The Balaban J connectivity index is 3.01. The number of carbonyl (C=O) groups is 1. The van der Waals surface area contributed by atoms with E-state index in [1.165, 1.54) is 4.68 Å². The maximum atomic E-state index is 10.6. The molecule has 0 aliphatic heterocycles. The molecule has 0 spiro atoms. The molecule has 2 amide bonds. The minimum atomic E-state index is -0.701. The number of nitrogens with two attached hydrogens (primary N) is 2. The molecule has 0 fully saturated rings. The Morgan fingerprint density at radius 2 is 2.15 bits per heavy atom.